The van der Waals surface area contributed by atoms with Gasteiger partial charge in [-0.15, -0.1) is 0 Å². The van der Waals surface area contributed by atoms with Crippen molar-refractivity contribution in [1.29, 1.82) is 0 Å². The van der Waals surface area contributed by atoms with Gasteiger partial charge >= 0.3 is 5.97 Å². The highest BCUT2D eigenvalue weighted by atomic mass is 16.5. The fraction of sp³-hybridized carbons (Fsp3) is 0.550. The van der Waals surface area contributed by atoms with Gasteiger partial charge in [0.05, 0.1) is 44.6 Å². The molecule has 0 aliphatic rings. The van der Waals surface area contributed by atoms with Crippen LogP contribution in [-0.2, 0) is 9.53 Å². The van der Waals surface area contributed by atoms with Crippen molar-refractivity contribution in [3.05, 3.63) is 34.7 Å². The van der Waals surface area contributed by atoms with Crippen molar-refractivity contribution < 1.29 is 18.8 Å². The minimum absolute atomic E-state index is 0.109. The average Bonchev–Trinajstić information content (AvgIpc) is 2.66. The van der Waals surface area contributed by atoms with Crippen molar-refractivity contribution in [2.24, 2.45) is 0 Å². The monoisotopic (exact) mass is 360 g/mol. The lowest BCUT2D eigenvalue weighted by molar-refractivity contribution is -0.938. The van der Waals surface area contributed by atoms with E-state index in [0.29, 0.717) is 27.8 Å². The number of nitrogens with zero attached hydrogens (tertiary/aromatic N) is 2. The second-order valence-electron chi connectivity index (χ2n) is 6.37. The molecule has 0 aromatic heterocycles. The Morgan fingerprint density at radius 2 is 1.77 bits per heavy atom. The highest BCUT2D eigenvalue weighted by molar-refractivity contribution is 6.04. The van der Waals surface area contributed by atoms with Crippen LogP contribution in [0.1, 0.15) is 50.0 Å². The zero-order valence-electron chi connectivity index (χ0n) is 16.7. The normalized spacial score (nSPS) is 12.2. The summed E-state index contributed by atoms with van der Waals surface area (Å²) in [7, 11) is 1.29. The van der Waals surface area contributed by atoms with Gasteiger partial charge in [-0.1, -0.05) is 13.0 Å². The number of ether oxygens (including phenoxy) is 1. The van der Waals surface area contributed by atoms with Crippen LogP contribution in [-0.4, -0.2) is 49.1 Å². The number of esters is 1. The number of hydrogen-bond acceptors (Lipinski definition) is 3. The smallest absolute Gasteiger partial charge is 0.338 e. The summed E-state index contributed by atoms with van der Waals surface area (Å²) >= 11 is 0. The molecule has 0 bridgehead atoms. The topological polar surface area (TPSA) is 59.8 Å². The molecule has 0 radical (unpaired) electrons. The second kappa shape index (κ2) is 9.35. The molecule has 1 rings (SSSR count). The van der Waals surface area contributed by atoms with E-state index in [9.17, 15) is 9.59 Å². The molecule has 0 aliphatic heterocycles. The van der Waals surface area contributed by atoms with Gasteiger partial charge in [0.2, 0.25) is 0 Å². The van der Waals surface area contributed by atoms with E-state index in [-0.39, 0.29) is 17.5 Å². The van der Waals surface area contributed by atoms with Gasteiger partial charge in [-0.25, -0.2) is 9.64 Å². The van der Waals surface area contributed by atoms with Crippen molar-refractivity contribution in [2.45, 2.75) is 47.1 Å². The van der Waals surface area contributed by atoms with Crippen LogP contribution in [0, 0.1) is 13.5 Å². The Bertz CT molecular complexity index is 695. The Kier molecular flexibility index (Phi) is 7.78. The molecule has 142 valence electrons. The maximum absolute atomic E-state index is 13.1. The number of quaternary nitrogens is 1. The number of rotatable bonds is 8. The first-order valence-electron chi connectivity index (χ1n) is 9.10. The van der Waals surface area contributed by atoms with E-state index in [1.165, 1.54) is 13.2 Å². The van der Waals surface area contributed by atoms with Crippen LogP contribution >= 0.6 is 0 Å². The Hall–Kier alpha value is -2.39. The molecule has 1 N–H and O–H groups in total. The van der Waals surface area contributed by atoms with E-state index >= 15 is 0 Å². The van der Waals surface area contributed by atoms with Crippen molar-refractivity contribution >= 4 is 23.3 Å². The number of anilines is 1. The minimum Gasteiger partial charge on any atom is -0.465 e. The Morgan fingerprint density at radius 1 is 1.19 bits per heavy atom. The zero-order valence-corrected chi connectivity index (χ0v) is 16.7. The van der Waals surface area contributed by atoms with Gasteiger partial charge in [-0.2, -0.15) is 0 Å². The van der Waals surface area contributed by atoms with E-state index in [4.69, 9.17) is 11.3 Å². The van der Waals surface area contributed by atoms with Crippen LogP contribution in [0.15, 0.2) is 12.1 Å². The summed E-state index contributed by atoms with van der Waals surface area (Å²) in [4.78, 5) is 28.6. The summed E-state index contributed by atoms with van der Waals surface area (Å²) < 4.78 is 5.52. The molecular weight excluding hydrogens is 330 g/mol. The fourth-order valence-electron chi connectivity index (χ4n) is 3.63. The first-order valence-corrected chi connectivity index (χ1v) is 9.10. The molecule has 1 unspecified atom stereocenters. The zero-order chi connectivity index (χ0) is 19.9. The third kappa shape index (κ3) is 4.23. The molecule has 6 nitrogen and oxygen atoms in total. The van der Waals surface area contributed by atoms with Crippen LogP contribution in [0.5, 0.6) is 0 Å². The predicted octanol–water partition coefficient (Wildman–Crippen LogP) is 3.93. The second-order valence-corrected chi connectivity index (χ2v) is 6.37. The highest BCUT2D eigenvalue weighted by Crippen LogP contribution is 2.29. The molecule has 26 heavy (non-hydrogen) atoms. The van der Waals surface area contributed by atoms with Crippen molar-refractivity contribution in [3.63, 3.8) is 0 Å². The lowest BCUT2D eigenvalue weighted by atomic mass is 10.0. The maximum atomic E-state index is 13.1. The van der Waals surface area contributed by atoms with E-state index in [1.54, 1.807) is 13.0 Å². The van der Waals surface area contributed by atoms with Gasteiger partial charge in [0.1, 0.15) is 0 Å². The molecule has 0 fully saturated rings. The van der Waals surface area contributed by atoms with Gasteiger partial charge in [0, 0.05) is 6.42 Å². The van der Waals surface area contributed by atoms with E-state index in [1.807, 2.05) is 6.92 Å². The number of methoxy groups -OCH3 is 1. The summed E-state index contributed by atoms with van der Waals surface area (Å²) in [6.07, 6.45) is 0.702. The van der Waals surface area contributed by atoms with Crippen LogP contribution in [0.25, 0.3) is 4.85 Å². The van der Waals surface area contributed by atoms with Gasteiger partial charge in [0.25, 0.3) is 5.91 Å². The van der Waals surface area contributed by atoms with E-state index < -0.39 is 5.97 Å². The van der Waals surface area contributed by atoms with Crippen LogP contribution in [0.3, 0.4) is 0 Å². The lowest BCUT2D eigenvalue weighted by Crippen LogP contribution is -2.59. The van der Waals surface area contributed by atoms with E-state index in [0.717, 1.165) is 19.6 Å². The van der Waals surface area contributed by atoms with Crippen molar-refractivity contribution in [3.8, 4) is 0 Å². The standard InChI is InChI=1S/C20H29N3O3/c1-8-17(23(9-2,10-3)11-4)19(24)22-18-14(5)12-15(21-6)13-16(18)20(25)26-7/h12-13,17H,8-11H2,1-5,7H3/p+1. The minimum atomic E-state index is -0.566. The maximum Gasteiger partial charge on any atom is 0.338 e. The van der Waals surface area contributed by atoms with Gasteiger partial charge in [0.15, 0.2) is 11.7 Å². The number of likely N-dealkylation sites (N-methyl/N-ethyl adjacent to an activating group) is 1. The summed E-state index contributed by atoms with van der Waals surface area (Å²) in [6.45, 7) is 19.8. The number of carbonyl (C=O) groups is 2. The molecule has 0 aliphatic carbocycles. The first kappa shape index (κ1) is 21.7. The molecular formula is C20H30N3O3+. The van der Waals surface area contributed by atoms with Gasteiger partial charge < -0.3 is 14.5 Å². The quantitative estimate of drug-likeness (QED) is 0.434. The average molecular weight is 360 g/mol. The number of nitrogens with one attached hydrogen (secondary N) is 1. The first-order chi connectivity index (χ1) is 12.3. The van der Waals surface area contributed by atoms with Gasteiger partial charge in [-0.3, -0.25) is 4.79 Å². The van der Waals surface area contributed by atoms with Crippen LogP contribution in [0.2, 0.25) is 0 Å². The summed E-state index contributed by atoms with van der Waals surface area (Å²) in [6, 6.07) is 2.92. The molecule has 6 heteroatoms. The predicted molar refractivity (Wildman–Crippen MR) is 103 cm³/mol. The Labute approximate surface area is 156 Å². The molecule has 1 aromatic rings. The summed E-state index contributed by atoms with van der Waals surface area (Å²) in [5, 5.41) is 2.95. The number of aryl methyl sites for hydroxylation is 1. The molecule has 0 saturated heterocycles. The highest BCUT2D eigenvalue weighted by Gasteiger charge is 2.37. The summed E-state index contributed by atoms with van der Waals surface area (Å²) in [5.74, 6) is -0.675. The van der Waals surface area contributed by atoms with Gasteiger partial charge in [-0.05, 0) is 39.3 Å². The lowest BCUT2D eigenvalue weighted by Gasteiger charge is -2.41. The third-order valence-electron chi connectivity index (χ3n) is 5.34. The number of hydrogen-bond donors (Lipinski definition) is 1. The van der Waals surface area contributed by atoms with Crippen LogP contribution in [0.4, 0.5) is 11.4 Å². The Balaban J connectivity index is 3.35. The molecule has 0 spiro atoms. The van der Waals surface area contributed by atoms with Crippen molar-refractivity contribution in [2.75, 3.05) is 32.1 Å². The van der Waals surface area contributed by atoms with Crippen LogP contribution < -0.4 is 5.32 Å². The molecule has 1 aromatic carbocycles. The van der Waals surface area contributed by atoms with Crippen molar-refractivity contribution in [1.82, 2.24) is 0 Å². The Morgan fingerprint density at radius 3 is 2.19 bits per heavy atom. The number of amides is 1. The number of carbonyl (C=O) groups excluding carboxylic acids is 2. The fourth-order valence-corrected chi connectivity index (χ4v) is 3.63. The van der Waals surface area contributed by atoms with E-state index in [2.05, 4.69) is 30.9 Å². The molecule has 0 saturated carbocycles. The summed E-state index contributed by atoms with van der Waals surface area (Å²) in [5.41, 5.74) is 1.65. The molecule has 1 amide bonds. The number of benzene rings is 1. The molecule has 0 heterocycles. The molecule has 1 atom stereocenters. The SMILES string of the molecule is [C-]#[N+]c1cc(C)c(NC(=O)C(CC)[N+](CC)(CC)CC)c(C(=O)OC)c1. The third-order valence-corrected chi connectivity index (χ3v) is 5.34. The largest absolute Gasteiger partial charge is 0.465 e.